The Morgan fingerprint density at radius 2 is 2.36 bits per heavy atom. The van der Waals surface area contributed by atoms with E-state index in [1.165, 1.54) is 11.8 Å². The molecule has 0 saturated heterocycles. The predicted octanol–water partition coefficient (Wildman–Crippen LogP) is 1.99. The van der Waals surface area contributed by atoms with E-state index in [9.17, 15) is 9.90 Å². The van der Waals surface area contributed by atoms with Gasteiger partial charge in [-0.3, -0.25) is 4.79 Å². The maximum Gasteiger partial charge on any atom is 0.173 e. The zero-order valence-electron chi connectivity index (χ0n) is 12.2. The van der Waals surface area contributed by atoms with Gasteiger partial charge in [-0.2, -0.15) is 0 Å². The number of methoxy groups -OCH3 is 1. The molecule has 0 spiro atoms. The Bertz CT molecular complexity index is 704. The third-order valence-corrected chi connectivity index (χ3v) is 4.03. The molecule has 1 heterocycles. The van der Waals surface area contributed by atoms with Crippen LogP contribution in [0.25, 0.3) is 0 Å². The standard InChI is InChI=1S/C16H16N2O3S/c1-3-7-18-13(10-19)9-17-16(18)22-11-15(20)12-5-4-6-14(8-12)21-2/h1,4-6,8-9,19H,7,10-11H2,2H3. The van der Waals surface area contributed by atoms with Gasteiger partial charge in [-0.1, -0.05) is 29.8 Å². The van der Waals surface area contributed by atoms with Crippen molar-refractivity contribution < 1.29 is 14.6 Å². The third-order valence-electron chi connectivity index (χ3n) is 3.04. The fraction of sp³-hybridized carbons (Fsp3) is 0.250. The van der Waals surface area contributed by atoms with E-state index in [0.29, 0.717) is 28.7 Å². The van der Waals surface area contributed by atoms with Crippen molar-refractivity contribution in [3.05, 3.63) is 41.7 Å². The lowest BCUT2D eigenvalue weighted by Crippen LogP contribution is -2.06. The first-order chi connectivity index (χ1) is 10.7. The Balaban J connectivity index is 2.08. The molecule has 0 atom stereocenters. The summed E-state index contributed by atoms with van der Waals surface area (Å²) in [5.41, 5.74) is 1.22. The summed E-state index contributed by atoms with van der Waals surface area (Å²) in [5.74, 6) is 3.37. The van der Waals surface area contributed by atoms with Crippen molar-refractivity contribution in [2.24, 2.45) is 0 Å². The number of carbonyl (C=O) groups is 1. The van der Waals surface area contributed by atoms with E-state index in [-0.39, 0.29) is 18.1 Å². The van der Waals surface area contributed by atoms with Gasteiger partial charge in [0.2, 0.25) is 0 Å². The molecule has 2 rings (SSSR count). The number of nitrogens with zero attached hydrogens (tertiary/aromatic N) is 2. The van der Waals surface area contributed by atoms with Crippen molar-refractivity contribution in [3.8, 4) is 18.1 Å². The molecule has 0 radical (unpaired) electrons. The van der Waals surface area contributed by atoms with Crippen LogP contribution in [0.4, 0.5) is 0 Å². The van der Waals surface area contributed by atoms with Crippen LogP contribution in [0.15, 0.2) is 35.6 Å². The number of hydrogen-bond donors (Lipinski definition) is 1. The Hall–Kier alpha value is -2.23. The summed E-state index contributed by atoms with van der Waals surface area (Å²) in [7, 11) is 1.56. The molecule has 0 aliphatic rings. The normalized spacial score (nSPS) is 10.2. The number of hydrogen-bond acceptors (Lipinski definition) is 5. The number of thioether (sulfide) groups is 1. The van der Waals surface area contributed by atoms with Crippen LogP contribution in [-0.4, -0.2) is 33.3 Å². The number of benzene rings is 1. The van der Waals surface area contributed by atoms with Crippen LogP contribution in [0, 0.1) is 12.3 Å². The van der Waals surface area contributed by atoms with E-state index in [1.54, 1.807) is 42.1 Å². The molecule has 0 bridgehead atoms. The molecule has 1 aromatic heterocycles. The van der Waals surface area contributed by atoms with E-state index in [1.807, 2.05) is 0 Å². The molecule has 0 aliphatic carbocycles. The Morgan fingerprint density at radius 1 is 1.55 bits per heavy atom. The number of carbonyl (C=O) groups excluding carboxylic acids is 1. The number of imidazole rings is 1. The summed E-state index contributed by atoms with van der Waals surface area (Å²) in [6.07, 6.45) is 6.89. The van der Waals surface area contributed by atoms with E-state index in [0.717, 1.165) is 0 Å². The van der Waals surface area contributed by atoms with Crippen LogP contribution in [0.3, 0.4) is 0 Å². The third kappa shape index (κ3) is 3.70. The van der Waals surface area contributed by atoms with Crippen molar-refractivity contribution in [2.75, 3.05) is 12.9 Å². The molecule has 114 valence electrons. The number of ketones is 1. The summed E-state index contributed by atoms with van der Waals surface area (Å²) in [4.78, 5) is 16.4. The Kier molecular flexibility index (Phi) is 5.64. The second kappa shape index (κ2) is 7.69. The summed E-state index contributed by atoms with van der Waals surface area (Å²) >= 11 is 1.29. The van der Waals surface area contributed by atoms with Crippen molar-refractivity contribution in [1.82, 2.24) is 9.55 Å². The fourth-order valence-corrected chi connectivity index (χ4v) is 2.80. The zero-order valence-corrected chi connectivity index (χ0v) is 13.0. The SMILES string of the molecule is C#CCn1c(CO)cnc1SCC(=O)c1cccc(OC)c1. The van der Waals surface area contributed by atoms with Gasteiger partial charge in [0.25, 0.3) is 0 Å². The summed E-state index contributed by atoms with van der Waals surface area (Å²) in [6, 6.07) is 7.02. The largest absolute Gasteiger partial charge is 0.497 e. The molecule has 6 heteroatoms. The van der Waals surface area contributed by atoms with Crippen molar-refractivity contribution in [1.29, 1.82) is 0 Å². The predicted molar refractivity (Wildman–Crippen MR) is 85.0 cm³/mol. The smallest absolute Gasteiger partial charge is 0.173 e. The molecular weight excluding hydrogens is 300 g/mol. The Labute approximate surface area is 133 Å². The first kappa shape index (κ1) is 16.1. The zero-order chi connectivity index (χ0) is 15.9. The van der Waals surface area contributed by atoms with Gasteiger partial charge in [0.05, 0.1) is 37.9 Å². The highest BCUT2D eigenvalue weighted by atomic mass is 32.2. The highest BCUT2D eigenvalue weighted by Crippen LogP contribution is 2.21. The number of Topliss-reactive ketones (excluding diaryl/α,β-unsaturated/α-hetero) is 1. The number of aromatic nitrogens is 2. The van der Waals surface area contributed by atoms with Gasteiger partial charge in [-0.25, -0.2) is 4.98 Å². The van der Waals surface area contributed by atoms with Crippen LogP contribution in [0.5, 0.6) is 5.75 Å². The van der Waals surface area contributed by atoms with E-state index < -0.39 is 0 Å². The minimum Gasteiger partial charge on any atom is -0.497 e. The number of terminal acetylenes is 1. The lowest BCUT2D eigenvalue weighted by molar-refractivity contribution is 0.102. The maximum absolute atomic E-state index is 12.2. The highest BCUT2D eigenvalue weighted by Gasteiger charge is 2.13. The molecule has 0 aliphatic heterocycles. The second-order valence-electron chi connectivity index (χ2n) is 4.42. The van der Waals surface area contributed by atoms with Crippen LogP contribution in [-0.2, 0) is 13.2 Å². The molecule has 1 N–H and O–H groups in total. The van der Waals surface area contributed by atoms with Gasteiger partial charge >= 0.3 is 0 Å². The summed E-state index contributed by atoms with van der Waals surface area (Å²) in [5, 5.41) is 9.88. The lowest BCUT2D eigenvalue weighted by Gasteiger charge is -2.07. The van der Waals surface area contributed by atoms with Crippen LogP contribution in [0.2, 0.25) is 0 Å². The number of aliphatic hydroxyl groups is 1. The first-order valence-electron chi connectivity index (χ1n) is 6.58. The number of ether oxygens (including phenoxy) is 1. The molecule has 0 saturated carbocycles. The second-order valence-corrected chi connectivity index (χ2v) is 5.37. The minimum atomic E-state index is -0.140. The number of rotatable bonds is 7. The molecule has 0 unspecified atom stereocenters. The molecule has 5 nitrogen and oxygen atoms in total. The van der Waals surface area contributed by atoms with E-state index >= 15 is 0 Å². The average molecular weight is 316 g/mol. The number of aliphatic hydroxyl groups excluding tert-OH is 1. The van der Waals surface area contributed by atoms with Crippen molar-refractivity contribution in [2.45, 2.75) is 18.3 Å². The molecule has 0 amide bonds. The lowest BCUT2D eigenvalue weighted by atomic mass is 10.1. The fourth-order valence-electron chi connectivity index (χ4n) is 1.90. The first-order valence-corrected chi connectivity index (χ1v) is 7.57. The summed E-state index contributed by atoms with van der Waals surface area (Å²) in [6.45, 7) is 0.171. The highest BCUT2D eigenvalue weighted by molar-refractivity contribution is 7.99. The molecule has 22 heavy (non-hydrogen) atoms. The minimum absolute atomic E-state index is 0.0234. The molecule has 2 aromatic rings. The monoisotopic (exact) mass is 316 g/mol. The van der Waals surface area contributed by atoms with Gasteiger partial charge < -0.3 is 14.4 Å². The quantitative estimate of drug-likeness (QED) is 0.481. The van der Waals surface area contributed by atoms with Gasteiger partial charge in [0.15, 0.2) is 10.9 Å². The maximum atomic E-state index is 12.2. The van der Waals surface area contributed by atoms with Gasteiger partial charge in [-0.05, 0) is 12.1 Å². The molecule has 1 aromatic carbocycles. The van der Waals surface area contributed by atoms with Crippen molar-refractivity contribution >= 4 is 17.5 Å². The van der Waals surface area contributed by atoms with E-state index in [2.05, 4.69) is 10.9 Å². The van der Waals surface area contributed by atoms with Crippen molar-refractivity contribution in [3.63, 3.8) is 0 Å². The van der Waals surface area contributed by atoms with Crippen LogP contribution in [0.1, 0.15) is 16.1 Å². The average Bonchev–Trinajstić information content (AvgIpc) is 2.95. The van der Waals surface area contributed by atoms with Crippen LogP contribution < -0.4 is 4.74 Å². The molecule has 0 fully saturated rings. The Morgan fingerprint density at radius 3 is 3.05 bits per heavy atom. The summed E-state index contributed by atoms with van der Waals surface area (Å²) < 4.78 is 6.84. The van der Waals surface area contributed by atoms with Gasteiger partial charge in [0.1, 0.15) is 5.75 Å². The van der Waals surface area contributed by atoms with E-state index in [4.69, 9.17) is 11.2 Å². The van der Waals surface area contributed by atoms with Gasteiger partial charge in [0, 0.05) is 5.56 Å². The topological polar surface area (TPSA) is 64.3 Å². The van der Waals surface area contributed by atoms with Gasteiger partial charge in [-0.15, -0.1) is 6.42 Å². The molecular formula is C16H16N2O3S. The van der Waals surface area contributed by atoms with Crippen LogP contribution >= 0.6 is 11.8 Å².